The normalized spacial score (nSPS) is 13.4. The van der Waals surface area contributed by atoms with E-state index in [1.165, 1.54) is 7.11 Å². The average molecular weight is 264 g/mol. The fourth-order valence-corrected chi connectivity index (χ4v) is 1.63. The minimum absolute atomic E-state index is 0.230. The monoisotopic (exact) mass is 264 g/mol. The summed E-state index contributed by atoms with van der Waals surface area (Å²) in [6.07, 6.45) is 0.472. The van der Waals surface area contributed by atoms with Crippen molar-refractivity contribution in [2.45, 2.75) is 19.4 Å². The molecule has 1 unspecified atom stereocenters. The van der Waals surface area contributed by atoms with E-state index in [9.17, 15) is 9.59 Å². The number of amides is 1. The second-order valence-corrected chi connectivity index (χ2v) is 4.47. The average Bonchev–Trinajstić information content (AvgIpc) is 2.44. The molecule has 0 heterocycles. The Morgan fingerprint density at radius 1 is 1.32 bits per heavy atom. The van der Waals surface area contributed by atoms with E-state index in [-0.39, 0.29) is 24.3 Å². The molecule has 1 aromatic carbocycles. The predicted octanol–water partition coefficient (Wildman–Crippen LogP) is 0.482. The van der Waals surface area contributed by atoms with Crippen LogP contribution in [0.5, 0.6) is 0 Å². The number of ether oxygens (including phenoxy) is 1. The van der Waals surface area contributed by atoms with Gasteiger partial charge in [-0.25, -0.2) is 0 Å². The maximum Gasteiger partial charge on any atom is 0.310 e. The number of hydrogen-bond donors (Lipinski definition) is 2. The first-order valence-electron chi connectivity index (χ1n) is 6.19. The third-order valence-corrected chi connectivity index (χ3v) is 2.82. The summed E-state index contributed by atoms with van der Waals surface area (Å²) in [5.74, 6) is -0.991. The van der Waals surface area contributed by atoms with Crippen LogP contribution >= 0.6 is 0 Å². The zero-order chi connectivity index (χ0) is 14.3. The van der Waals surface area contributed by atoms with Gasteiger partial charge in [0.2, 0.25) is 5.91 Å². The van der Waals surface area contributed by atoms with Crippen molar-refractivity contribution in [3.63, 3.8) is 0 Å². The molecule has 0 aliphatic carbocycles. The number of benzene rings is 1. The standard InChI is InChI=1S/C14H20N2O3/c1-10(14(18)19-2)9-16-13(17)12(15)8-11-6-4-3-5-7-11/h3-7,10,12H,8-9,15H2,1-2H3,(H,16,17)/t10?,12-/m0/s1. The zero-order valence-electron chi connectivity index (χ0n) is 11.3. The Labute approximate surface area is 113 Å². The van der Waals surface area contributed by atoms with Gasteiger partial charge >= 0.3 is 5.97 Å². The van der Waals surface area contributed by atoms with Crippen molar-refractivity contribution in [2.24, 2.45) is 11.7 Å². The van der Waals surface area contributed by atoms with Gasteiger partial charge in [0.15, 0.2) is 0 Å². The molecule has 0 bridgehead atoms. The Hall–Kier alpha value is -1.88. The van der Waals surface area contributed by atoms with E-state index in [1.54, 1.807) is 6.92 Å². The van der Waals surface area contributed by atoms with Crippen LogP contribution in [-0.2, 0) is 20.7 Å². The highest BCUT2D eigenvalue weighted by molar-refractivity contribution is 5.82. The Morgan fingerprint density at radius 3 is 2.53 bits per heavy atom. The molecule has 0 spiro atoms. The quantitative estimate of drug-likeness (QED) is 0.732. The summed E-state index contributed by atoms with van der Waals surface area (Å²) >= 11 is 0. The van der Waals surface area contributed by atoms with Crippen LogP contribution < -0.4 is 11.1 Å². The van der Waals surface area contributed by atoms with Crippen LogP contribution in [0.4, 0.5) is 0 Å². The number of carbonyl (C=O) groups is 2. The molecule has 1 amide bonds. The third-order valence-electron chi connectivity index (χ3n) is 2.82. The molecule has 19 heavy (non-hydrogen) atoms. The topological polar surface area (TPSA) is 81.4 Å². The van der Waals surface area contributed by atoms with Gasteiger partial charge < -0.3 is 15.8 Å². The Balaban J connectivity index is 2.39. The minimum atomic E-state index is -0.618. The largest absolute Gasteiger partial charge is 0.469 e. The van der Waals surface area contributed by atoms with Crippen molar-refractivity contribution in [1.82, 2.24) is 5.32 Å². The van der Waals surface area contributed by atoms with Gasteiger partial charge in [-0.3, -0.25) is 9.59 Å². The lowest BCUT2D eigenvalue weighted by molar-refractivity contribution is -0.144. The lowest BCUT2D eigenvalue weighted by Crippen LogP contribution is -2.44. The van der Waals surface area contributed by atoms with Gasteiger partial charge in [0.05, 0.1) is 19.1 Å². The van der Waals surface area contributed by atoms with Gasteiger partial charge in [-0.2, -0.15) is 0 Å². The molecule has 1 aromatic rings. The first kappa shape index (κ1) is 15.2. The Kier molecular flexibility index (Phi) is 6.02. The minimum Gasteiger partial charge on any atom is -0.469 e. The van der Waals surface area contributed by atoms with Gasteiger partial charge in [0.1, 0.15) is 0 Å². The Bertz CT molecular complexity index is 420. The first-order valence-corrected chi connectivity index (χ1v) is 6.19. The van der Waals surface area contributed by atoms with Crippen LogP contribution in [0, 0.1) is 5.92 Å². The molecule has 0 saturated carbocycles. The first-order chi connectivity index (χ1) is 9.04. The van der Waals surface area contributed by atoms with Crippen LogP contribution in [0.15, 0.2) is 30.3 Å². The summed E-state index contributed by atoms with van der Waals surface area (Å²) in [5, 5.41) is 2.65. The summed E-state index contributed by atoms with van der Waals surface area (Å²) in [7, 11) is 1.32. The van der Waals surface area contributed by atoms with Crippen molar-refractivity contribution in [1.29, 1.82) is 0 Å². The fourth-order valence-electron chi connectivity index (χ4n) is 1.63. The SMILES string of the molecule is COC(=O)C(C)CNC(=O)[C@@H](N)Cc1ccccc1. The van der Waals surface area contributed by atoms with Crippen LogP contribution in [0.2, 0.25) is 0 Å². The second-order valence-electron chi connectivity index (χ2n) is 4.47. The molecule has 0 radical (unpaired) electrons. The van der Waals surface area contributed by atoms with Crippen LogP contribution in [0.25, 0.3) is 0 Å². The summed E-state index contributed by atoms with van der Waals surface area (Å²) in [5.41, 5.74) is 6.82. The summed E-state index contributed by atoms with van der Waals surface area (Å²) in [4.78, 5) is 23.0. The lowest BCUT2D eigenvalue weighted by atomic mass is 10.1. The molecular formula is C14H20N2O3. The maximum absolute atomic E-state index is 11.8. The number of hydrogen-bond acceptors (Lipinski definition) is 4. The highest BCUT2D eigenvalue weighted by atomic mass is 16.5. The predicted molar refractivity (Wildman–Crippen MR) is 72.3 cm³/mol. The van der Waals surface area contributed by atoms with Crippen molar-refractivity contribution < 1.29 is 14.3 Å². The van der Waals surface area contributed by atoms with Crippen LogP contribution in [0.1, 0.15) is 12.5 Å². The van der Waals surface area contributed by atoms with Gasteiger partial charge in [0.25, 0.3) is 0 Å². The van der Waals surface area contributed by atoms with Gasteiger partial charge in [0, 0.05) is 6.54 Å². The molecule has 5 nitrogen and oxygen atoms in total. The highest BCUT2D eigenvalue weighted by Crippen LogP contribution is 2.02. The number of nitrogens with one attached hydrogen (secondary N) is 1. The number of rotatable bonds is 6. The molecule has 0 fully saturated rings. The number of esters is 1. The van der Waals surface area contributed by atoms with Gasteiger partial charge in [-0.05, 0) is 12.0 Å². The third kappa shape index (κ3) is 5.09. The van der Waals surface area contributed by atoms with Gasteiger partial charge in [-0.15, -0.1) is 0 Å². The maximum atomic E-state index is 11.8. The number of carbonyl (C=O) groups excluding carboxylic acids is 2. The molecule has 0 aromatic heterocycles. The molecule has 104 valence electrons. The van der Waals surface area contributed by atoms with Crippen molar-refractivity contribution in [2.75, 3.05) is 13.7 Å². The van der Waals surface area contributed by atoms with E-state index < -0.39 is 6.04 Å². The smallest absolute Gasteiger partial charge is 0.310 e. The van der Waals surface area contributed by atoms with Crippen molar-refractivity contribution >= 4 is 11.9 Å². The van der Waals surface area contributed by atoms with Crippen LogP contribution in [-0.4, -0.2) is 31.6 Å². The van der Waals surface area contributed by atoms with Crippen molar-refractivity contribution in [3.05, 3.63) is 35.9 Å². The summed E-state index contributed by atoms with van der Waals surface area (Å²) in [6, 6.07) is 8.94. The van der Waals surface area contributed by atoms with E-state index in [0.29, 0.717) is 6.42 Å². The molecule has 0 aliphatic heterocycles. The van der Waals surface area contributed by atoms with E-state index in [2.05, 4.69) is 10.1 Å². The van der Waals surface area contributed by atoms with Crippen molar-refractivity contribution in [3.8, 4) is 0 Å². The molecule has 1 rings (SSSR count). The van der Waals surface area contributed by atoms with Crippen LogP contribution in [0.3, 0.4) is 0 Å². The van der Waals surface area contributed by atoms with E-state index >= 15 is 0 Å². The number of methoxy groups -OCH3 is 1. The second kappa shape index (κ2) is 7.53. The summed E-state index contributed by atoms with van der Waals surface area (Å²) in [6.45, 7) is 1.92. The zero-order valence-corrected chi connectivity index (χ0v) is 11.3. The van der Waals surface area contributed by atoms with E-state index in [0.717, 1.165) is 5.56 Å². The van der Waals surface area contributed by atoms with Gasteiger partial charge in [-0.1, -0.05) is 37.3 Å². The molecule has 5 heteroatoms. The lowest BCUT2D eigenvalue weighted by Gasteiger charge is -2.14. The fraction of sp³-hybridized carbons (Fsp3) is 0.429. The molecular weight excluding hydrogens is 244 g/mol. The highest BCUT2D eigenvalue weighted by Gasteiger charge is 2.17. The Morgan fingerprint density at radius 2 is 1.95 bits per heavy atom. The summed E-state index contributed by atoms with van der Waals surface area (Å²) < 4.78 is 4.58. The molecule has 3 N–H and O–H groups in total. The van der Waals surface area contributed by atoms with E-state index in [1.807, 2.05) is 30.3 Å². The van der Waals surface area contributed by atoms with E-state index in [4.69, 9.17) is 5.73 Å². The molecule has 0 saturated heterocycles. The number of nitrogens with two attached hydrogens (primary N) is 1. The molecule has 0 aliphatic rings. The molecule has 2 atom stereocenters.